The minimum absolute atomic E-state index is 0.575. The molecule has 2 rings (SSSR count). The highest BCUT2D eigenvalue weighted by Crippen LogP contribution is 2.32. The lowest BCUT2D eigenvalue weighted by atomic mass is 10.1. The van der Waals surface area contributed by atoms with E-state index in [1.807, 2.05) is 12.1 Å². The molecule has 0 saturated carbocycles. The normalized spacial score (nSPS) is 10.7. The molecule has 0 saturated heterocycles. The molecule has 2 N–H and O–H groups in total. The molecule has 0 aliphatic carbocycles. The van der Waals surface area contributed by atoms with Gasteiger partial charge < -0.3 is 10.5 Å². The van der Waals surface area contributed by atoms with E-state index in [1.165, 1.54) is 0 Å². The Morgan fingerprint density at radius 1 is 1.44 bits per heavy atom. The van der Waals surface area contributed by atoms with Gasteiger partial charge >= 0.3 is 0 Å². The monoisotopic (exact) mass is 280 g/mol. The number of nitrogens with zero attached hydrogens (tertiary/aromatic N) is 1. The third-order valence-electron chi connectivity index (χ3n) is 2.61. The van der Waals surface area contributed by atoms with Crippen molar-refractivity contribution in [3.63, 3.8) is 0 Å². The number of anilines is 1. The molecule has 0 spiro atoms. The Labute approximate surface area is 103 Å². The largest absolute Gasteiger partial charge is 0.494 e. The molecule has 3 nitrogen and oxygen atoms in total. The van der Waals surface area contributed by atoms with Crippen LogP contribution in [0.3, 0.4) is 0 Å². The Kier molecular flexibility index (Phi) is 3.01. The second-order valence-electron chi connectivity index (χ2n) is 3.53. The molecule has 1 aromatic carbocycles. The standard InChI is InChI=1S/C12H13BrN2O/c1-3-7-6-8-9(13)4-5-10(16-2)11(8)15-12(7)14/h4-6H,3H2,1-2H3,(H2,14,15). The van der Waals surface area contributed by atoms with Gasteiger partial charge in [0.15, 0.2) is 0 Å². The number of pyridine rings is 1. The van der Waals surface area contributed by atoms with E-state index in [0.29, 0.717) is 5.82 Å². The van der Waals surface area contributed by atoms with Gasteiger partial charge in [0, 0.05) is 9.86 Å². The fourth-order valence-corrected chi connectivity index (χ4v) is 2.14. The second kappa shape index (κ2) is 4.29. The summed E-state index contributed by atoms with van der Waals surface area (Å²) in [4.78, 5) is 4.40. The Morgan fingerprint density at radius 3 is 2.81 bits per heavy atom. The smallest absolute Gasteiger partial charge is 0.145 e. The molecule has 1 aromatic heterocycles. The van der Waals surface area contributed by atoms with Crippen LogP contribution in [-0.4, -0.2) is 12.1 Å². The number of hydrogen-bond acceptors (Lipinski definition) is 3. The number of halogens is 1. The fraction of sp³-hybridized carbons (Fsp3) is 0.250. The lowest BCUT2D eigenvalue weighted by molar-refractivity contribution is 0.419. The number of fused-ring (bicyclic) bond motifs is 1. The summed E-state index contributed by atoms with van der Waals surface area (Å²) in [6.07, 6.45) is 0.873. The van der Waals surface area contributed by atoms with Crippen molar-refractivity contribution in [2.75, 3.05) is 12.8 Å². The topological polar surface area (TPSA) is 48.1 Å². The lowest BCUT2D eigenvalue weighted by Gasteiger charge is -2.09. The van der Waals surface area contributed by atoms with Crippen molar-refractivity contribution in [1.29, 1.82) is 0 Å². The quantitative estimate of drug-likeness (QED) is 0.919. The first kappa shape index (κ1) is 11.2. The minimum atomic E-state index is 0.575. The van der Waals surface area contributed by atoms with Crippen molar-refractivity contribution in [2.24, 2.45) is 0 Å². The van der Waals surface area contributed by atoms with Crippen molar-refractivity contribution in [3.8, 4) is 5.75 Å². The molecule has 84 valence electrons. The number of aryl methyl sites for hydroxylation is 1. The van der Waals surface area contributed by atoms with E-state index in [-0.39, 0.29) is 0 Å². The zero-order chi connectivity index (χ0) is 11.7. The summed E-state index contributed by atoms with van der Waals surface area (Å²) in [6.45, 7) is 2.06. The number of aromatic nitrogens is 1. The molecular formula is C12H13BrN2O. The Balaban J connectivity index is 2.82. The molecule has 1 heterocycles. The zero-order valence-electron chi connectivity index (χ0n) is 9.25. The first-order valence-corrected chi connectivity index (χ1v) is 5.88. The molecule has 0 fully saturated rings. The summed E-state index contributed by atoms with van der Waals surface area (Å²) in [5.74, 6) is 1.32. The van der Waals surface area contributed by atoms with E-state index in [0.717, 1.165) is 33.1 Å². The second-order valence-corrected chi connectivity index (χ2v) is 4.39. The number of nitrogen functional groups attached to an aromatic ring is 1. The molecule has 0 aliphatic heterocycles. The number of methoxy groups -OCH3 is 1. The van der Waals surface area contributed by atoms with Gasteiger partial charge in [0.05, 0.1) is 7.11 Å². The van der Waals surface area contributed by atoms with Crippen LogP contribution in [0.5, 0.6) is 5.75 Å². The van der Waals surface area contributed by atoms with E-state index >= 15 is 0 Å². The van der Waals surface area contributed by atoms with Gasteiger partial charge in [0.1, 0.15) is 17.1 Å². The van der Waals surface area contributed by atoms with Crippen molar-refractivity contribution in [2.45, 2.75) is 13.3 Å². The van der Waals surface area contributed by atoms with Crippen LogP contribution in [0.15, 0.2) is 22.7 Å². The van der Waals surface area contributed by atoms with Gasteiger partial charge in [-0.1, -0.05) is 22.9 Å². The maximum atomic E-state index is 5.89. The average molecular weight is 281 g/mol. The third kappa shape index (κ3) is 1.73. The van der Waals surface area contributed by atoms with E-state index in [4.69, 9.17) is 10.5 Å². The van der Waals surface area contributed by atoms with Crippen molar-refractivity contribution in [3.05, 3.63) is 28.2 Å². The first-order valence-electron chi connectivity index (χ1n) is 5.09. The van der Waals surface area contributed by atoms with Crippen LogP contribution >= 0.6 is 15.9 Å². The first-order chi connectivity index (χ1) is 7.67. The molecule has 0 amide bonds. The average Bonchev–Trinajstić information content (AvgIpc) is 2.29. The maximum absolute atomic E-state index is 5.89. The predicted molar refractivity (Wildman–Crippen MR) is 69.8 cm³/mol. The van der Waals surface area contributed by atoms with Crippen LogP contribution < -0.4 is 10.5 Å². The number of nitrogens with two attached hydrogens (primary N) is 1. The van der Waals surface area contributed by atoms with Gasteiger partial charge in [-0.2, -0.15) is 0 Å². The summed E-state index contributed by atoms with van der Waals surface area (Å²) in [5.41, 5.74) is 7.74. The van der Waals surface area contributed by atoms with Crippen LogP contribution in [0.1, 0.15) is 12.5 Å². The fourth-order valence-electron chi connectivity index (χ4n) is 1.70. The Bertz CT molecular complexity index is 540. The van der Waals surface area contributed by atoms with E-state index < -0.39 is 0 Å². The number of hydrogen-bond donors (Lipinski definition) is 1. The summed E-state index contributed by atoms with van der Waals surface area (Å²) in [7, 11) is 1.63. The summed E-state index contributed by atoms with van der Waals surface area (Å²) in [5, 5.41) is 1.03. The van der Waals surface area contributed by atoms with Crippen molar-refractivity contribution < 1.29 is 4.74 Å². The molecule has 0 radical (unpaired) electrons. The summed E-state index contributed by atoms with van der Waals surface area (Å²) >= 11 is 3.51. The molecule has 0 unspecified atom stereocenters. The van der Waals surface area contributed by atoms with E-state index in [9.17, 15) is 0 Å². The van der Waals surface area contributed by atoms with Crippen LogP contribution in [0.2, 0.25) is 0 Å². The molecule has 2 aromatic rings. The van der Waals surface area contributed by atoms with Crippen molar-refractivity contribution >= 4 is 32.7 Å². The van der Waals surface area contributed by atoms with Gasteiger partial charge in [-0.15, -0.1) is 0 Å². The van der Waals surface area contributed by atoms with Crippen LogP contribution in [0, 0.1) is 0 Å². The highest BCUT2D eigenvalue weighted by Gasteiger charge is 2.09. The minimum Gasteiger partial charge on any atom is -0.494 e. The summed E-state index contributed by atoms with van der Waals surface area (Å²) < 4.78 is 6.28. The molecule has 16 heavy (non-hydrogen) atoms. The summed E-state index contributed by atoms with van der Waals surface area (Å²) in [6, 6.07) is 5.90. The molecular weight excluding hydrogens is 268 g/mol. The Hall–Kier alpha value is -1.29. The molecule has 0 aliphatic rings. The number of ether oxygens (including phenoxy) is 1. The number of benzene rings is 1. The van der Waals surface area contributed by atoms with Gasteiger partial charge in [-0.3, -0.25) is 0 Å². The van der Waals surface area contributed by atoms with Crippen molar-refractivity contribution in [1.82, 2.24) is 4.98 Å². The van der Waals surface area contributed by atoms with Gasteiger partial charge in [0.25, 0.3) is 0 Å². The van der Waals surface area contributed by atoms with Gasteiger partial charge in [-0.05, 0) is 30.2 Å². The zero-order valence-corrected chi connectivity index (χ0v) is 10.8. The van der Waals surface area contributed by atoms with Crippen LogP contribution in [0.4, 0.5) is 5.82 Å². The van der Waals surface area contributed by atoms with Gasteiger partial charge in [-0.25, -0.2) is 4.98 Å². The van der Waals surface area contributed by atoms with E-state index in [1.54, 1.807) is 7.11 Å². The Morgan fingerprint density at radius 2 is 2.19 bits per heavy atom. The molecule has 0 bridgehead atoms. The third-order valence-corrected chi connectivity index (χ3v) is 3.30. The van der Waals surface area contributed by atoms with Gasteiger partial charge in [0.2, 0.25) is 0 Å². The van der Waals surface area contributed by atoms with Crippen LogP contribution in [0.25, 0.3) is 10.9 Å². The van der Waals surface area contributed by atoms with Crippen LogP contribution in [-0.2, 0) is 6.42 Å². The van der Waals surface area contributed by atoms with E-state index in [2.05, 4.69) is 33.9 Å². The number of rotatable bonds is 2. The lowest BCUT2D eigenvalue weighted by Crippen LogP contribution is -1.98. The highest BCUT2D eigenvalue weighted by molar-refractivity contribution is 9.10. The SMILES string of the molecule is CCc1cc2c(Br)ccc(OC)c2nc1N. The molecule has 4 heteroatoms. The highest BCUT2D eigenvalue weighted by atomic mass is 79.9. The molecule has 0 atom stereocenters. The maximum Gasteiger partial charge on any atom is 0.145 e. The predicted octanol–water partition coefficient (Wildman–Crippen LogP) is 3.15.